The topological polar surface area (TPSA) is 60.8 Å². The molecule has 2 N–H and O–H groups in total. The van der Waals surface area contributed by atoms with Gasteiger partial charge in [-0.1, -0.05) is 35.9 Å². The molecule has 112 valence electrons. The van der Waals surface area contributed by atoms with Gasteiger partial charge in [0, 0.05) is 16.9 Å². The van der Waals surface area contributed by atoms with Gasteiger partial charge >= 0.3 is 5.97 Å². The summed E-state index contributed by atoms with van der Waals surface area (Å²) in [5, 5.41) is 20.0. The van der Waals surface area contributed by atoms with Crippen molar-refractivity contribution in [1.82, 2.24) is 0 Å². The minimum Gasteiger partial charge on any atom is -0.478 e. The summed E-state index contributed by atoms with van der Waals surface area (Å²) in [6.07, 6.45) is -1.12. The summed E-state index contributed by atoms with van der Waals surface area (Å²) in [7, 11) is 0. The number of hydrogen-bond acceptors (Lipinski definition) is 3. The Bertz CT molecular complexity index is 765. The molecule has 2 aromatic rings. The first-order valence-corrected chi connectivity index (χ1v) is 7.08. The standard InChI is InChI=1S/C18H17NO3/c1-11-8-9-15-14(10-11)17(20)16(18(21)22)12(2)19(15)13-6-4-3-5-7-13/h3-10,17,20H,1-2H3,(H,21,22). The van der Waals surface area contributed by atoms with Gasteiger partial charge in [0.05, 0.1) is 11.3 Å². The number of anilines is 2. The van der Waals surface area contributed by atoms with Gasteiger partial charge in [0.15, 0.2) is 0 Å². The normalized spacial score (nSPS) is 17.4. The Morgan fingerprint density at radius 2 is 1.77 bits per heavy atom. The Kier molecular flexibility index (Phi) is 3.47. The van der Waals surface area contributed by atoms with E-state index in [1.54, 1.807) is 6.92 Å². The number of benzene rings is 2. The van der Waals surface area contributed by atoms with Gasteiger partial charge in [0.2, 0.25) is 0 Å². The molecule has 4 heteroatoms. The molecule has 0 fully saturated rings. The number of carboxylic acids is 1. The summed E-state index contributed by atoms with van der Waals surface area (Å²) >= 11 is 0. The Labute approximate surface area is 128 Å². The van der Waals surface area contributed by atoms with E-state index in [9.17, 15) is 15.0 Å². The highest BCUT2D eigenvalue weighted by molar-refractivity contribution is 5.93. The van der Waals surface area contributed by atoms with Crippen LogP contribution in [0.4, 0.5) is 11.4 Å². The lowest BCUT2D eigenvalue weighted by molar-refractivity contribution is -0.133. The van der Waals surface area contributed by atoms with E-state index in [2.05, 4.69) is 0 Å². The predicted octanol–water partition coefficient (Wildman–Crippen LogP) is 3.54. The van der Waals surface area contributed by atoms with Gasteiger partial charge in [0.25, 0.3) is 0 Å². The number of aryl methyl sites for hydroxylation is 1. The summed E-state index contributed by atoms with van der Waals surface area (Å²) in [6.45, 7) is 3.65. The number of carbonyl (C=O) groups is 1. The lowest BCUT2D eigenvalue weighted by Crippen LogP contribution is -2.28. The van der Waals surface area contributed by atoms with E-state index in [4.69, 9.17) is 0 Å². The van der Waals surface area contributed by atoms with E-state index in [1.807, 2.05) is 60.4 Å². The third-order valence-corrected chi connectivity index (χ3v) is 3.96. The largest absolute Gasteiger partial charge is 0.478 e. The van der Waals surface area contributed by atoms with Crippen LogP contribution in [0.15, 0.2) is 59.8 Å². The van der Waals surface area contributed by atoms with E-state index in [0.717, 1.165) is 16.9 Å². The number of nitrogens with zero attached hydrogens (tertiary/aromatic N) is 1. The van der Waals surface area contributed by atoms with Crippen molar-refractivity contribution >= 4 is 17.3 Å². The first-order valence-electron chi connectivity index (χ1n) is 7.08. The van der Waals surface area contributed by atoms with E-state index in [-0.39, 0.29) is 5.57 Å². The van der Waals surface area contributed by atoms with Crippen LogP contribution in [0.2, 0.25) is 0 Å². The quantitative estimate of drug-likeness (QED) is 0.889. The first kappa shape index (κ1) is 14.4. The van der Waals surface area contributed by atoms with Crippen LogP contribution in [0.5, 0.6) is 0 Å². The zero-order chi connectivity index (χ0) is 15.9. The minimum atomic E-state index is -1.12. The summed E-state index contributed by atoms with van der Waals surface area (Å²) in [5.41, 5.74) is 3.83. The zero-order valence-corrected chi connectivity index (χ0v) is 12.4. The van der Waals surface area contributed by atoms with Gasteiger partial charge in [-0.15, -0.1) is 0 Å². The zero-order valence-electron chi connectivity index (χ0n) is 12.4. The molecule has 1 aliphatic rings. The molecule has 0 spiro atoms. The van der Waals surface area contributed by atoms with Gasteiger partial charge in [-0.05, 0) is 32.0 Å². The number of aliphatic carboxylic acids is 1. The molecule has 0 saturated heterocycles. The van der Waals surface area contributed by atoms with Crippen molar-refractivity contribution in [2.45, 2.75) is 20.0 Å². The molecule has 4 nitrogen and oxygen atoms in total. The molecule has 0 amide bonds. The fourth-order valence-corrected chi connectivity index (χ4v) is 2.93. The first-order chi connectivity index (χ1) is 10.5. The number of rotatable bonds is 2. The van der Waals surface area contributed by atoms with Crippen LogP contribution in [-0.4, -0.2) is 16.2 Å². The maximum atomic E-state index is 11.6. The predicted molar refractivity (Wildman–Crippen MR) is 85.1 cm³/mol. The van der Waals surface area contributed by atoms with Gasteiger partial charge in [-0.25, -0.2) is 4.79 Å². The van der Waals surface area contributed by atoms with Crippen LogP contribution < -0.4 is 4.90 Å². The minimum absolute atomic E-state index is 0.0157. The van der Waals surface area contributed by atoms with Crippen LogP contribution in [0.3, 0.4) is 0 Å². The van der Waals surface area contributed by atoms with Gasteiger partial charge in [0.1, 0.15) is 6.10 Å². The smallest absolute Gasteiger partial charge is 0.336 e. The summed E-state index contributed by atoms with van der Waals surface area (Å²) < 4.78 is 0. The van der Waals surface area contributed by atoms with E-state index in [0.29, 0.717) is 11.3 Å². The number of aliphatic hydroxyl groups excluding tert-OH is 1. The number of aliphatic hydroxyl groups is 1. The Morgan fingerprint density at radius 1 is 1.09 bits per heavy atom. The molecular weight excluding hydrogens is 278 g/mol. The maximum Gasteiger partial charge on any atom is 0.336 e. The summed E-state index contributed by atoms with van der Waals surface area (Å²) in [6, 6.07) is 15.3. The van der Waals surface area contributed by atoms with Crippen molar-refractivity contribution in [3.63, 3.8) is 0 Å². The molecule has 22 heavy (non-hydrogen) atoms. The molecule has 0 aliphatic carbocycles. The van der Waals surface area contributed by atoms with E-state index >= 15 is 0 Å². The van der Waals surface area contributed by atoms with Crippen molar-refractivity contribution < 1.29 is 15.0 Å². The highest BCUT2D eigenvalue weighted by Gasteiger charge is 2.34. The molecule has 0 saturated carbocycles. The highest BCUT2D eigenvalue weighted by Crippen LogP contribution is 2.43. The van der Waals surface area contributed by atoms with Crippen molar-refractivity contribution in [2.24, 2.45) is 0 Å². The Balaban J connectivity index is 2.28. The molecular formula is C18H17NO3. The average Bonchev–Trinajstić information content (AvgIpc) is 2.49. The SMILES string of the molecule is CC1=C(C(=O)O)C(O)c2cc(C)ccc2N1c1ccccc1. The van der Waals surface area contributed by atoms with Gasteiger partial charge in [-0.3, -0.25) is 0 Å². The Morgan fingerprint density at radius 3 is 2.41 bits per heavy atom. The fourth-order valence-electron chi connectivity index (χ4n) is 2.93. The molecule has 3 rings (SSSR count). The molecule has 0 radical (unpaired) electrons. The fraction of sp³-hybridized carbons (Fsp3) is 0.167. The molecule has 1 atom stereocenters. The highest BCUT2D eigenvalue weighted by atomic mass is 16.4. The van der Waals surface area contributed by atoms with Gasteiger partial charge < -0.3 is 15.1 Å². The van der Waals surface area contributed by atoms with Gasteiger partial charge in [-0.2, -0.15) is 0 Å². The molecule has 0 aromatic heterocycles. The van der Waals surface area contributed by atoms with Crippen molar-refractivity contribution in [2.75, 3.05) is 4.90 Å². The lowest BCUT2D eigenvalue weighted by atomic mass is 9.91. The lowest BCUT2D eigenvalue weighted by Gasteiger charge is -2.35. The van der Waals surface area contributed by atoms with Crippen molar-refractivity contribution in [3.05, 3.63) is 70.9 Å². The number of hydrogen-bond donors (Lipinski definition) is 2. The second-order valence-corrected chi connectivity index (χ2v) is 5.44. The second kappa shape index (κ2) is 5.31. The third-order valence-electron chi connectivity index (χ3n) is 3.96. The number of carboxylic acid groups (broad SMARTS) is 1. The molecule has 0 bridgehead atoms. The molecule has 1 unspecified atom stereocenters. The molecule has 2 aromatic carbocycles. The van der Waals surface area contributed by atoms with Crippen LogP contribution in [0.25, 0.3) is 0 Å². The van der Waals surface area contributed by atoms with Crippen molar-refractivity contribution in [1.29, 1.82) is 0 Å². The Hall–Kier alpha value is -2.59. The second-order valence-electron chi connectivity index (χ2n) is 5.44. The third kappa shape index (κ3) is 2.18. The monoisotopic (exact) mass is 295 g/mol. The van der Waals surface area contributed by atoms with E-state index < -0.39 is 12.1 Å². The van der Waals surface area contributed by atoms with Crippen LogP contribution in [-0.2, 0) is 4.79 Å². The van der Waals surface area contributed by atoms with E-state index in [1.165, 1.54) is 0 Å². The summed E-state index contributed by atoms with van der Waals surface area (Å²) in [4.78, 5) is 13.5. The number of allylic oxidation sites excluding steroid dienone is 1. The van der Waals surface area contributed by atoms with Crippen LogP contribution in [0, 0.1) is 6.92 Å². The number of fused-ring (bicyclic) bond motifs is 1. The van der Waals surface area contributed by atoms with Crippen molar-refractivity contribution in [3.8, 4) is 0 Å². The van der Waals surface area contributed by atoms with Crippen LogP contribution in [0.1, 0.15) is 24.2 Å². The van der Waals surface area contributed by atoms with Crippen LogP contribution >= 0.6 is 0 Å². The molecule has 1 aliphatic heterocycles. The maximum absolute atomic E-state index is 11.6. The summed E-state index contributed by atoms with van der Waals surface area (Å²) in [5.74, 6) is -1.10. The molecule has 1 heterocycles. The number of para-hydroxylation sites is 1. The average molecular weight is 295 g/mol.